The number of hydrogen-bond donors (Lipinski definition) is 3. The molecule has 3 aromatic rings. The highest BCUT2D eigenvalue weighted by Crippen LogP contribution is 2.48. The van der Waals surface area contributed by atoms with E-state index in [0.717, 1.165) is 24.4 Å². The highest BCUT2D eigenvalue weighted by molar-refractivity contribution is 7.89. The molecule has 0 saturated carbocycles. The van der Waals surface area contributed by atoms with Gasteiger partial charge in [0.1, 0.15) is 5.71 Å². The van der Waals surface area contributed by atoms with Crippen molar-refractivity contribution in [3.05, 3.63) is 113 Å². The fourth-order valence-electron chi connectivity index (χ4n) is 5.97. The molecule has 12 nitrogen and oxygen atoms in total. The van der Waals surface area contributed by atoms with E-state index in [1.54, 1.807) is 18.2 Å². The Labute approximate surface area is 292 Å². The quantitative estimate of drug-likeness (QED) is 0.120. The lowest BCUT2D eigenvalue weighted by Gasteiger charge is -2.27. The highest BCUT2D eigenvalue weighted by Gasteiger charge is 2.40. The summed E-state index contributed by atoms with van der Waals surface area (Å²) in [5, 5.41) is 15.2. The van der Waals surface area contributed by atoms with Crippen molar-refractivity contribution >= 4 is 49.1 Å². The number of anilines is 2. The summed E-state index contributed by atoms with van der Waals surface area (Å²) in [5.41, 5.74) is 4.43. The second-order valence-electron chi connectivity index (χ2n) is 13.1. The zero-order chi connectivity index (χ0) is 36.4. The number of carbonyl (C=O) groups excluding carboxylic acids is 1. The van der Waals surface area contributed by atoms with Gasteiger partial charge in [0.25, 0.3) is 16.0 Å². The number of nitrogens with zero attached hydrogens (tertiary/aromatic N) is 3. The minimum Gasteiger partial charge on any atom is -0.478 e. The van der Waals surface area contributed by atoms with Crippen LogP contribution in [0.25, 0.3) is 0 Å². The number of para-hydroxylation sites is 1. The summed E-state index contributed by atoms with van der Waals surface area (Å²) < 4.78 is 58.6. The minimum absolute atomic E-state index is 0.0813. The molecule has 0 atom stereocenters. The van der Waals surface area contributed by atoms with Crippen molar-refractivity contribution < 1.29 is 36.1 Å². The van der Waals surface area contributed by atoms with E-state index in [0.29, 0.717) is 22.9 Å². The summed E-state index contributed by atoms with van der Waals surface area (Å²) in [7, 11) is -8.23. The Hall–Kier alpha value is -4.63. The van der Waals surface area contributed by atoms with Crippen molar-refractivity contribution in [1.82, 2.24) is 4.72 Å². The van der Waals surface area contributed by atoms with E-state index < -0.39 is 37.8 Å². The number of aromatic carboxylic acids is 1. The van der Waals surface area contributed by atoms with Crippen molar-refractivity contribution in [2.75, 3.05) is 28.8 Å². The number of hydrogen-bond acceptors (Lipinski definition) is 8. The average molecular weight is 721 g/mol. The number of carboxylic acid groups (broad SMARTS) is 1. The fourth-order valence-corrected chi connectivity index (χ4v) is 7.55. The van der Waals surface area contributed by atoms with Crippen molar-refractivity contribution in [2.45, 2.75) is 50.8 Å². The summed E-state index contributed by atoms with van der Waals surface area (Å²) in [4.78, 5) is 27.8. The van der Waals surface area contributed by atoms with Crippen molar-refractivity contribution in [2.24, 2.45) is 11.0 Å². The summed E-state index contributed by atoms with van der Waals surface area (Å²) in [6.45, 7) is 9.22. The number of nitrogens with one attached hydrogen (secondary N) is 1. The molecule has 0 spiro atoms. The first kappa shape index (κ1) is 36.6. The summed E-state index contributed by atoms with van der Waals surface area (Å²) in [6, 6.07) is 19.8. The van der Waals surface area contributed by atoms with Gasteiger partial charge >= 0.3 is 5.97 Å². The van der Waals surface area contributed by atoms with E-state index in [4.69, 9.17) is 4.55 Å². The zero-order valence-electron chi connectivity index (χ0n) is 28.2. The van der Waals surface area contributed by atoms with Crippen LogP contribution in [0.4, 0.5) is 11.4 Å². The lowest BCUT2D eigenvalue weighted by Crippen LogP contribution is -2.28. The van der Waals surface area contributed by atoms with Gasteiger partial charge in [-0.1, -0.05) is 58.0 Å². The van der Waals surface area contributed by atoms with Gasteiger partial charge in [0.2, 0.25) is 10.0 Å². The Morgan fingerprint density at radius 3 is 2.24 bits per heavy atom. The molecule has 1 amide bonds. The molecule has 0 aromatic heterocycles. The first-order valence-electron chi connectivity index (χ1n) is 16.1. The van der Waals surface area contributed by atoms with Crippen LogP contribution in [0.3, 0.4) is 0 Å². The average Bonchev–Trinajstić information content (AvgIpc) is 3.50. The predicted octanol–water partition coefficient (Wildman–Crippen LogP) is 5.35. The van der Waals surface area contributed by atoms with Gasteiger partial charge in [-0.3, -0.25) is 9.35 Å². The third-order valence-electron chi connectivity index (χ3n) is 8.68. The Balaban J connectivity index is 1.51. The number of rotatable bonds is 13. The van der Waals surface area contributed by atoms with Crippen LogP contribution in [0.2, 0.25) is 0 Å². The van der Waals surface area contributed by atoms with Crippen LogP contribution in [0.5, 0.6) is 0 Å². The standard InChI is InChI=1S/C36H40N4O8S2/c1-24(2)20-22-39-31-9-6-5-8-30(31)36(3,4)32(39)19-18-29-33(25-10-12-26(13-11-25)35(42)43)38-40(34(29)41)27-14-16-28(17-15-27)50(47,48)37-21-7-23-49(44,45)46/h5-6,8-19,24,37H,7,20-23H2,1-4H3,(H,42,43)(H,44,45,46)/b29-18-,32-19+. The molecule has 0 radical (unpaired) electrons. The van der Waals surface area contributed by atoms with Crippen LogP contribution in [0, 0.1) is 5.92 Å². The Morgan fingerprint density at radius 2 is 1.62 bits per heavy atom. The predicted molar refractivity (Wildman–Crippen MR) is 193 cm³/mol. The van der Waals surface area contributed by atoms with Gasteiger partial charge in [-0.25, -0.2) is 17.9 Å². The maximum absolute atomic E-state index is 14.1. The minimum atomic E-state index is -4.22. The summed E-state index contributed by atoms with van der Waals surface area (Å²) in [6.07, 6.45) is 4.53. The van der Waals surface area contributed by atoms with Crippen LogP contribution in [-0.4, -0.2) is 62.9 Å². The van der Waals surface area contributed by atoms with Crippen LogP contribution in [0.1, 0.15) is 62.0 Å². The normalized spacial score (nSPS) is 17.6. The molecule has 0 fully saturated rings. The molecule has 3 aromatic carbocycles. The van der Waals surface area contributed by atoms with Gasteiger partial charge in [-0.05, 0) is 78.9 Å². The van der Waals surface area contributed by atoms with E-state index in [-0.39, 0.29) is 34.4 Å². The van der Waals surface area contributed by atoms with E-state index in [9.17, 15) is 31.5 Å². The topological polar surface area (TPSA) is 174 Å². The number of amides is 1. The van der Waals surface area contributed by atoms with Gasteiger partial charge in [-0.2, -0.15) is 18.5 Å². The molecule has 2 aliphatic heterocycles. The van der Waals surface area contributed by atoms with Crippen LogP contribution in [-0.2, 0) is 30.4 Å². The number of hydrazone groups is 1. The lowest BCUT2D eigenvalue weighted by atomic mass is 9.83. The molecular formula is C36H40N4O8S2. The molecule has 0 saturated heterocycles. The van der Waals surface area contributed by atoms with E-state index in [2.05, 4.69) is 54.6 Å². The van der Waals surface area contributed by atoms with E-state index >= 15 is 0 Å². The Morgan fingerprint density at radius 1 is 0.960 bits per heavy atom. The van der Waals surface area contributed by atoms with Gasteiger partial charge < -0.3 is 10.0 Å². The molecule has 3 N–H and O–H groups in total. The van der Waals surface area contributed by atoms with E-state index in [1.807, 2.05) is 18.2 Å². The van der Waals surface area contributed by atoms with Crippen molar-refractivity contribution in [3.8, 4) is 0 Å². The lowest BCUT2D eigenvalue weighted by molar-refractivity contribution is -0.114. The first-order chi connectivity index (χ1) is 23.5. The molecule has 0 unspecified atom stereocenters. The van der Waals surface area contributed by atoms with E-state index in [1.165, 1.54) is 47.0 Å². The van der Waals surface area contributed by atoms with Gasteiger partial charge in [-0.15, -0.1) is 0 Å². The monoisotopic (exact) mass is 720 g/mol. The van der Waals surface area contributed by atoms with Crippen molar-refractivity contribution in [1.29, 1.82) is 0 Å². The molecule has 14 heteroatoms. The second kappa shape index (κ2) is 14.3. The summed E-state index contributed by atoms with van der Waals surface area (Å²) >= 11 is 0. The molecule has 0 aliphatic carbocycles. The molecule has 50 heavy (non-hydrogen) atoms. The molecule has 264 valence electrons. The third kappa shape index (κ3) is 7.88. The van der Waals surface area contributed by atoms with Gasteiger partial charge in [0, 0.05) is 35.5 Å². The fraction of sp³-hybridized carbons (Fsp3) is 0.306. The Kier molecular flexibility index (Phi) is 10.5. The maximum atomic E-state index is 14.1. The largest absolute Gasteiger partial charge is 0.478 e. The second-order valence-corrected chi connectivity index (χ2v) is 16.4. The number of benzene rings is 3. The van der Waals surface area contributed by atoms with Crippen LogP contribution >= 0.6 is 0 Å². The smallest absolute Gasteiger partial charge is 0.335 e. The van der Waals surface area contributed by atoms with Crippen LogP contribution < -0.4 is 14.6 Å². The Bertz CT molecular complexity index is 2100. The molecule has 0 bridgehead atoms. The number of sulfonamides is 1. The molecule has 2 aliphatic rings. The van der Waals surface area contributed by atoms with Crippen molar-refractivity contribution in [3.63, 3.8) is 0 Å². The number of fused-ring (bicyclic) bond motifs is 1. The first-order valence-corrected chi connectivity index (χ1v) is 19.2. The SMILES string of the molecule is CC(C)CCN1/C(=C/C=C2\C(=O)N(c3ccc(S(=O)(=O)NCCCS(=O)(=O)O)cc3)N=C2c2ccc(C(=O)O)cc2)C(C)(C)c2ccccc21. The molecule has 2 heterocycles. The summed E-state index contributed by atoms with van der Waals surface area (Å²) in [5.74, 6) is -1.65. The highest BCUT2D eigenvalue weighted by atomic mass is 32.2. The van der Waals surface area contributed by atoms with Crippen LogP contribution in [0.15, 0.2) is 106 Å². The molecule has 5 rings (SSSR count). The third-order valence-corrected chi connectivity index (χ3v) is 11.0. The number of carbonyl (C=O) groups is 2. The van der Waals surface area contributed by atoms with Gasteiger partial charge in [0.15, 0.2) is 0 Å². The number of carboxylic acids is 1. The van der Waals surface area contributed by atoms with Gasteiger partial charge in [0.05, 0.1) is 27.5 Å². The number of allylic oxidation sites excluding steroid dienone is 3. The maximum Gasteiger partial charge on any atom is 0.335 e. The zero-order valence-corrected chi connectivity index (χ0v) is 29.8. The molecular weight excluding hydrogens is 681 g/mol.